The van der Waals surface area contributed by atoms with Crippen LogP contribution >= 0.6 is 0 Å². The third-order valence-corrected chi connectivity index (χ3v) is 1.64. The first-order valence-corrected chi connectivity index (χ1v) is 4.14. The second-order valence-electron chi connectivity index (χ2n) is 2.65. The maximum absolute atomic E-state index is 13.1. The summed E-state index contributed by atoms with van der Waals surface area (Å²) < 4.78 is 22.9. The van der Waals surface area contributed by atoms with Crippen LogP contribution in [0.25, 0.3) is 0 Å². The number of benzene rings is 1. The lowest BCUT2D eigenvalue weighted by Crippen LogP contribution is -2.05. The zero-order valence-corrected chi connectivity index (χ0v) is 7.83. The van der Waals surface area contributed by atoms with Gasteiger partial charge in [0.15, 0.2) is 11.6 Å². The lowest BCUT2D eigenvalue weighted by Gasteiger charge is -2.06. The van der Waals surface area contributed by atoms with Gasteiger partial charge in [-0.1, -0.05) is 0 Å². The van der Waals surface area contributed by atoms with E-state index in [1.165, 1.54) is 25.3 Å². The zero-order valence-electron chi connectivity index (χ0n) is 7.83. The smallest absolute Gasteiger partial charge is 0.165 e. The molecule has 0 saturated carbocycles. The third-order valence-electron chi connectivity index (χ3n) is 1.64. The number of ether oxygens (including phenoxy) is 2. The van der Waals surface area contributed by atoms with Crippen molar-refractivity contribution in [2.45, 2.75) is 0 Å². The molecule has 0 fully saturated rings. The number of carbonyl (C=O) groups excluding carboxylic acids is 1. The number of methoxy groups -OCH3 is 1. The van der Waals surface area contributed by atoms with Gasteiger partial charge in [-0.25, -0.2) is 4.39 Å². The molecule has 1 aromatic carbocycles. The standard InChI is InChI=1S/C10H11FO3/c1-13-4-5-14-10-6-8(7-12)2-3-9(10)11/h2-3,6-7H,4-5H2,1H3. The molecule has 14 heavy (non-hydrogen) atoms. The normalized spacial score (nSPS) is 9.86. The maximum Gasteiger partial charge on any atom is 0.165 e. The summed E-state index contributed by atoms with van der Waals surface area (Å²) in [6.07, 6.45) is 0.641. The summed E-state index contributed by atoms with van der Waals surface area (Å²) in [6.45, 7) is 0.639. The van der Waals surface area contributed by atoms with Crippen molar-refractivity contribution < 1.29 is 18.7 Å². The van der Waals surface area contributed by atoms with Gasteiger partial charge in [0.25, 0.3) is 0 Å². The van der Waals surface area contributed by atoms with Crippen molar-refractivity contribution in [3.63, 3.8) is 0 Å². The largest absolute Gasteiger partial charge is 0.488 e. The molecule has 0 N–H and O–H groups in total. The first-order chi connectivity index (χ1) is 6.77. The molecule has 0 aliphatic carbocycles. The molecule has 0 amide bonds. The van der Waals surface area contributed by atoms with Crippen LogP contribution in [0.3, 0.4) is 0 Å². The molecule has 3 nitrogen and oxygen atoms in total. The molecule has 1 rings (SSSR count). The predicted octanol–water partition coefficient (Wildman–Crippen LogP) is 1.66. The van der Waals surface area contributed by atoms with Crippen LogP contribution in [0.2, 0.25) is 0 Å². The number of halogens is 1. The van der Waals surface area contributed by atoms with Crippen molar-refractivity contribution in [1.82, 2.24) is 0 Å². The molecular formula is C10H11FO3. The minimum absolute atomic E-state index is 0.0756. The van der Waals surface area contributed by atoms with E-state index >= 15 is 0 Å². The Morgan fingerprint density at radius 3 is 2.86 bits per heavy atom. The minimum Gasteiger partial charge on any atom is -0.488 e. The van der Waals surface area contributed by atoms with Crippen LogP contribution in [0.15, 0.2) is 18.2 Å². The zero-order chi connectivity index (χ0) is 10.4. The third kappa shape index (κ3) is 2.81. The van der Waals surface area contributed by atoms with E-state index in [0.29, 0.717) is 18.5 Å². The Bertz CT molecular complexity index is 312. The molecular weight excluding hydrogens is 187 g/mol. The Balaban J connectivity index is 2.68. The summed E-state index contributed by atoms with van der Waals surface area (Å²) in [5.41, 5.74) is 0.388. The van der Waals surface area contributed by atoms with Gasteiger partial charge in [0, 0.05) is 12.7 Å². The molecule has 0 aromatic heterocycles. The van der Waals surface area contributed by atoms with Gasteiger partial charge in [0.1, 0.15) is 12.9 Å². The summed E-state index contributed by atoms with van der Waals surface area (Å²) in [4.78, 5) is 10.4. The van der Waals surface area contributed by atoms with Crippen molar-refractivity contribution >= 4 is 6.29 Å². The first-order valence-electron chi connectivity index (χ1n) is 4.14. The van der Waals surface area contributed by atoms with E-state index in [4.69, 9.17) is 9.47 Å². The summed E-state index contributed by atoms with van der Waals surface area (Å²) in [5, 5.41) is 0. The Morgan fingerprint density at radius 2 is 2.21 bits per heavy atom. The monoisotopic (exact) mass is 198 g/mol. The van der Waals surface area contributed by atoms with Crippen molar-refractivity contribution in [1.29, 1.82) is 0 Å². The van der Waals surface area contributed by atoms with Crippen LogP contribution in [0.4, 0.5) is 4.39 Å². The number of hydrogen-bond donors (Lipinski definition) is 0. The van der Waals surface area contributed by atoms with Gasteiger partial charge >= 0.3 is 0 Å². The van der Waals surface area contributed by atoms with E-state index in [1.807, 2.05) is 0 Å². The molecule has 0 unspecified atom stereocenters. The van der Waals surface area contributed by atoms with Crippen LogP contribution in [0, 0.1) is 5.82 Å². The van der Waals surface area contributed by atoms with Crippen molar-refractivity contribution in [3.05, 3.63) is 29.6 Å². The van der Waals surface area contributed by atoms with Gasteiger partial charge in [0.2, 0.25) is 0 Å². The van der Waals surface area contributed by atoms with Crippen LogP contribution in [-0.4, -0.2) is 26.6 Å². The highest BCUT2D eigenvalue weighted by Crippen LogP contribution is 2.17. The van der Waals surface area contributed by atoms with Crippen LogP contribution in [0.5, 0.6) is 5.75 Å². The number of carbonyl (C=O) groups is 1. The quantitative estimate of drug-likeness (QED) is 0.533. The molecule has 0 radical (unpaired) electrons. The Labute approximate surface area is 81.4 Å². The van der Waals surface area contributed by atoms with Gasteiger partial charge < -0.3 is 9.47 Å². The van der Waals surface area contributed by atoms with E-state index in [0.717, 1.165) is 0 Å². The topological polar surface area (TPSA) is 35.5 Å². The first kappa shape index (κ1) is 10.7. The molecule has 76 valence electrons. The van der Waals surface area contributed by atoms with Gasteiger partial charge in [-0.15, -0.1) is 0 Å². The van der Waals surface area contributed by atoms with Crippen LogP contribution in [-0.2, 0) is 4.74 Å². The molecule has 0 heterocycles. The van der Waals surface area contributed by atoms with Crippen molar-refractivity contribution in [3.8, 4) is 5.75 Å². The summed E-state index contributed by atoms with van der Waals surface area (Å²) >= 11 is 0. The average Bonchev–Trinajstić information content (AvgIpc) is 2.21. The van der Waals surface area contributed by atoms with Gasteiger partial charge in [-0.05, 0) is 18.2 Å². The van der Waals surface area contributed by atoms with E-state index in [1.54, 1.807) is 0 Å². The molecule has 0 atom stereocenters. The predicted molar refractivity (Wildman–Crippen MR) is 49.2 cm³/mol. The van der Waals surface area contributed by atoms with Gasteiger partial charge in [-0.2, -0.15) is 0 Å². The second-order valence-corrected chi connectivity index (χ2v) is 2.65. The lowest BCUT2D eigenvalue weighted by atomic mass is 10.2. The van der Waals surface area contributed by atoms with Crippen LogP contribution < -0.4 is 4.74 Å². The highest BCUT2D eigenvalue weighted by Gasteiger charge is 2.03. The van der Waals surface area contributed by atoms with Gasteiger partial charge in [0.05, 0.1) is 6.61 Å². The van der Waals surface area contributed by atoms with Crippen molar-refractivity contribution in [2.24, 2.45) is 0 Å². The number of hydrogen-bond acceptors (Lipinski definition) is 3. The maximum atomic E-state index is 13.1. The Kier molecular flexibility index (Phi) is 4.07. The van der Waals surface area contributed by atoms with Crippen molar-refractivity contribution in [2.75, 3.05) is 20.3 Å². The summed E-state index contributed by atoms with van der Waals surface area (Å²) in [6, 6.07) is 3.95. The Morgan fingerprint density at radius 1 is 1.43 bits per heavy atom. The fourth-order valence-electron chi connectivity index (χ4n) is 0.939. The average molecular weight is 198 g/mol. The van der Waals surface area contributed by atoms with E-state index in [-0.39, 0.29) is 12.4 Å². The molecule has 0 aliphatic heterocycles. The summed E-state index contributed by atoms with van der Waals surface area (Å²) in [7, 11) is 1.53. The molecule has 0 spiro atoms. The molecule has 4 heteroatoms. The van der Waals surface area contributed by atoms with E-state index in [9.17, 15) is 9.18 Å². The fraction of sp³-hybridized carbons (Fsp3) is 0.300. The molecule has 1 aromatic rings. The van der Waals surface area contributed by atoms with E-state index < -0.39 is 5.82 Å². The summed E-state index contributed by atoms with van der Waals surface area (Å²) in [5.74, 6) is -0.404. The number of rotatable bonds is 5. The van der Waals surface area contributed by atoms with Gasteiger partial charge in [-0.3, -0.25) is 4.79 Å². The number of aldehydes is 1. The molecule has 0 saturated heterocycles. The molecule has 0 bridgehead atoms. The molecule has 0 aliphatic rings. The lowest BCUT2D eigenvalue weighted by molar-refractivity contribution is 0.112. The highest BCUT2D eigenvalue weighted by molar-refractivity contribution is 5.75. The highest BCUT2D eigenvalue weighted by atomic mass is 19.1. The van der Waals surface area contributed by atoms with Crippen LogP contribution in [0.1, 0.15) is 10.4 Å². The second kappa shape index (κ2) is 5.34. The SMILES string of the molecule is COCCOc1cc(C=O)ccc1F. The fourth-order valence-corrected chi connectivity index (χ4v) is 0.939. The van der Waals surface area contributed by atoms with E-state index in [2.05, 4.69) is 0 Å². The Hall–Kier alpha value is -1.42. The minimum atomic E-state index is -0.480.